The number of rotatable bonds is 3. The third-order valence-corrected chi connectivity index (χ3v) is 3.88. The van der Waals surface area contributed by atoms with Crippen LogP contribution in [-0.4, -0.2) is 54.3 Å². The van der Waals surface area contributed by atoms with E-state index in [1.807, 2.05) is 0 Å². The minimum absolute atomic E-state index is 0.293. The predicted octanol–water partition coefficient (Wildman–Crippen LogP) is -0.978. The first-order chi connectivity index (χ1) is 10.0. The summed E-state index contributed by atoms with van der Waals surface area (Å²) >= 11 is 0. The Balaban J connectivity index is 2.08. The summed E-state index contributed by atoms with van der Waals surface area (Å²) in [5.74, 6) is 0.293. The molecule has 1 aliphatic rings. The van der Waals surface area contributed by atoms with Gasteiger partial charge in [-0.15, -0.1) is 6.58 Å². The molecular weight excluding hydrogens is 276 g/mol. The first-order valence-electron chi connectivity index (χ1n) is 6.40. The molecule has 4 atom stereocenters. The average Bonchev–Trinajstić information content (AvgIpc) is 3.02. The number of aliphatic hydroxyl groups excluding tert-OH is 3. The maximum absolute atomic E-state index is 10.2. The summed E-state index contributed by atoms with van der Waals surface area (Å²) in [5, 5.41) is 33.9. The van der Waals surface area contributed by atoms with E-state index in [9.17, 15) is 15.3 Å². The maximum atomic E-state index is 10.2. The van der Waals surface area contributed by atoms with Crippen molar-refractivity contribution in [1.82, 2.24) is 14.6 Å². The van der Waals surface area contributed by atoms with E-state index in [-0.39, 0.29) is 0 Å². The summed E-state index contributed by atoms with van der Waals surface area (Å²) in [4.78, 5) is 3.88. The highest BCUT2D eigenvalue weighted by Crippen LogP contribution is 2.41. The fourth-order valence-corrected chi connectivity index (χ4v) is 2.62. The van der Waals surface area contributed by atoms with Gasteiger partial charge in [-0.05, 0) is 12.1 Å². The summed E-state index contributed by atoms with van der Waals surface area (Å²) in [7, 11) is 0. The van der Waals surface area contributed by atoms with E-state index < -0.39 is 30.5 Å². The number of nitrogens with two attached hydrogens (primary N) is 1. The fraction of sp³-hybridized carbons (Fsp3) is 0.385. The average molecular weight is 292 g/mol. The van der Waals surface area contributed by atoms with E-state index in [0.717, 1.165) is 0 Å². The monoisotopic (exact) mass is 292 g/mol. The largest absolute Gasteiger partial charge is 0.393 e. The van der Waals surface area contributed by atoms with Gasteiger partial charge in [0.2, 0.25) is 0 Å². The Morgan fingerprint density at radius 3 is 2.86 bits per heavy atom. The highest BCUT2D eigenvalue weighted by Gasteiger charge is 2.53. The Kier molecular flexibility index (Phi) is 3.18. The van der Waals surface area contributed by atoms with Crippen molar-refractivity contribution in [2.24, 2.45) is 0 Å². The van der Waals surface area contributed by atoms with Crippen molar-refractivity contribution < 1.29 is 20.1 Å². The minimum atomic E-state index is -1.41. The van der Waals surface area contributed by atoms with Crippen molar-refractivity contribution in [3.8, 4) is 0 Å². The quantitative estimate of drug-likeness (QED) is 0.536. The topological polar surface area (TPSA) is 126 Å². The number of aliphatic hydroxyl groups is 3. The SMILES string of the molecule is C=C[C@]1(CO)O[C@@H](c2ccc3c(N)ncnn23)[C@H](O)[C@@H]1O. The van der Waals surface area contributed by atoms with E-state index in [0.29, 0.717) is 17.0 Å². The zero-order valence-electron chi connectivity index (χ0n) is 11.1. The summed E-state index contributed by atoms with van der Waals surface area (Å²) in [6.07, 6.45) is -0.822. The van der Waals surface area contributed by atoms with Gasteiger partial charge in [-0.25, -0.2) is 9.50 Å². The predicted molar refractivity (Wildman–Crippen MR) is 73.3 cm³/mol. The first kappa shape index (κ1) is 14.0. The lowest BCUT2D eigenvalue weighted by molar-refractivity contribution is -0.0798. The number of hydrogen-bond donors (Lipinski definition) is 4. The van der Waals surface area contributed by atoms with Gasteiger partial charge in [0.1, 0.15) is 35.8 Å². The molecule has 0 unspecified atom stereocenters. The van der Waals surface area contributed by atoms with Crippen LogP contribution in [0.1, 0.15) is 11.8 Å². The number of fused-ring (bicyclic) bond motifs is 1. The van der Waals surface area contributed by atoms with Gasteiger partial charge in [-0.3, -0.25) is 0 Å². The molecule has 0 aliphatic carbocycles. The molecule has 2 aromatic rings. The minimum Gasteiger partial charge on any atom is -0.393 e. The van der Waals surface area contributed by atoms with Crippen LogP contribution < -0.4 is 5.73 Å². The number of anilines is 1. The standard InChI is InChI=1S/C13H16N4O4/c1-2-13(5-18)11(20)9(19)10(21-13)7-3-4-8-12(14)15-6-16-17(7)8/h2-4,6,9-11,18-20H,1,5H2,(H2,14,15,16)/t9-,10-,11-,13+/m0/s1. The molecule has 3 heterocycles. The lowest BCUT2D eigenvalue weighted by Gasteiger charge is -2.25. The first-order valence-corrected chi connectivity index (χ1v) is 6.40. The fourth-order valence-electron chi connectivity index (χ4n) is 2.62. The number of ether oxygens (including phenoxy) is 1. The van der Waals surface area contributed by atoms with Crippen molar-refractivity contribution in [3.63, 3.8) is 0 Å². The zero-order chi connectivity index (χ0) is 15.2. The summed E-state index contributed by atoms with van der Waals surface area (Å²) in [6.45, 7) is 3.06. The van der Waals surface area contributed by atoms with Crippen LogP contribution in [-0.2, 0) is 4.74 Å². The number of hydrogen-bond acceptors (Lipinski definition) is 7. The second-order valence-electron chi connectivity index (χ2n) is 4.99. The van der Waals surface area contributed by atoms with Crippen molar-refractivity contribution in [3.05, 3.63) is 36.8 Å². The molecule has 112 valence electrons. The van der Waals surface area contributed by atoms with Gasteiger partial charge in [0.15, 0.2) is 5.82 Å². The Morgan fingerprint density at radius 1 is 1.48 bits per heavy atom. The van der Waals surface area contributed by atoms with Gasteiger partial charge < -0.3 is 25.8 Å². The molecule has 0 aromatic carbocycles. The molecule has 0 radical (unpaired) electrons. The lowest BCUT2D eigenvalue weighted by atomic mass is 9.95. The van der Waals surface area contributed by atoms with Crippen molar-refractivity contribution in [2.45, 2.75) is 23.9 Å². The highest BCUT2D eigenvalue weighted by molar-refractivity contribution is 5.65. The van der Waals surface area contributed by atoms with Gasteiger partial charge in [-0.1, -0.05) is 6.08 Å². The normalized spacial score (nSPS) is 32.6. The molecule has 0 saturated carbocycles. The van der Waals surface area contributed by atoms with Gasteiger partial charge >= 0.3 is 0 Å². The Morgan fingerprint density at radius 2 is 2.24 bits per heavy atom. The number of nitrogen functional groups attached to an aromatic ring is 1. The van der Waals surface area contributed by atoms with Crippen molar-refractivity contribution in [1.29, 1.82) is 0 Å². The molecule has 0 spiro atoms. The molecule has 8 heteroatoms. The van der Waals surface area contributed by atoms with E-state index >= 15 is 0 Å². The number of aromatic nitrogens is 3. The van der Waals surface area contributed by atoms with Gasteiger partial charge in [0, 0.05) is 0 Å². The molecule has 21 heavy (non-hydrogen) atoms. The molecule has 0 amide bonds. The van der Waals surface area contributed by atoms with E-state index in [1.54, 1.807) is 12.1 Å². The molecule has 1 saturated heterocycles. The smallest absolute Gasteiger partial charge is 0.151 e. The lowest BCUT2D eigenvalue weighted by Crippen LogP contribution is -2.44. The molecule has 8 nitrogen and oxygen atoms in total. The van der Waals surface area contributed by atoms with Crippen molar-refractivity contribution >= 4 is 11.3 Å². The molecule has 2 aromatic heterocycles. The second kappa shape index (κ2) is 4.78. The van der Waals surface area contributed by atoms with Crippen LogP contribution in [0.5, 0.6) is 0 Å². The molecule has 1 fully saturated rings. The highest BCUT2D eigenvalue weighted by atomic mass is 16.6. The number of nitrogens with zero attached hydrogens (tertiary/aromatic N) is 3. The van der Waals surface area contributed by atoms with Crippen LogP contribution in [0.4, 0.5) is 5.82 Å². The Hall–Kier alpha value is -2.00. The third-order valence-electron chi connectivity index (χ3n) is 3.88. The summed E-state index contributed by atoms with van der Waals surface area (Å²) in [5.41, 5.74) is 5.42. The third kappa shape index (κ3) is 1.84. The molecule has 5 N–H and O–H groups in total. The Labute approximate surface area is 120 Å². The van der Waals surface area contributed by atoms with Gasteiger partial charge in [0.25, 0.3) is 0 Å². The second-order valence-corrected chi connectivity index (χ2v) is 4.99. The van der Waals surface area contributed by atoms with Crippen LogP contribution in [0.25, 0.3) is 5.52 Å². The molecular formula is C13H16N4O4. The van der Waals surface area contributed by atoms with Crippen LogP contribution in [0, 0.1) is 0 Å². The van der Waals surface area contributed by atoms with Crippen LogP contribution in [0.15, 0.2) is 31.1 Å². The maximum Gasteiger partial charge on any atom is 0.151 e. The molecule has 3 rings (SSSR count). The summed E-state index contributed by atoms with van der Waals surface area (Å²) in [6, 6.07) is 3.37. The summed E-state index contributed by atoms with van der Waals surface area (Å²) < 4.78 is 7.16. The van der Waals surface area contributed by atoms with Crippen LogP contribution in [0.3, 0.4) is 0 Å². The van der Waals surface area contributed by atoms with E-state index in [1.165, 1.54) is 16.9 Å². The van der Waals surface area contributed by atoms with Crippen LogP contribution in [0.2, 0.25) is 0 Å². The Bertz CT molecular complexity index is 688. The van der Waals surface area contributed by atoms with Crippen molar-refractivity contribution in [2.75, 3.05) is 12.3 Å². The molecule has 1 aliphatic heterocycles. The van der Waals surface area contributed by atoms with Crippen LogP contribution >= 0.6 is 0 Å². The van der Waals surface area contributed by atoms with E-state index in [2.05, 4.69) is 16.7 Å². The van der Waals surface area contributed by atoms with E-state index in [4.69, 9.17) is 10.5 Å². The zero-order valence-corrected chi connectivity index (χ0v) is 11.1. The van der Waals surface area contributed by atoms with Gasteiger partial charge in [-0.2, -0.15) is 5.10 Å². The molecule has 0 bridgehead atoms. The van der Waals surface area contributed by atoms with Gasteiger partial charge in [0.05, 0.1) is 12.3 Å².